The Hall–Kier alpha value is -2.51. The van der Waals surface area contributed by atoms with E-state index in [0.29, 0.717) is 18.7 Å². The van der Waals surface area contributed by atoms with Gasteiger partial charge in [-0.1, -0.05) is 24.3 Å². The molecule has 2 aromatic carbocycles. The fraction of sp³-hybridized carbons (Fsp3) is 0.333. The smallest absolute Gasteiger partial charge is 0.267 e. The molecule has 28 heavy (non-hydrogen) atoms. The Labute approximate surface area is 165 Å². The first-order valence-electron chi connectivity index (χ1n) is 9.61. The number of hydrogen-bond acceptors (Lipinski definition) is 4. The van der Waals surface area contributed by atoms with E-state index in [1.54, 1.807) is 0 Å². The Morgan fingerprint density at radius 3 is 2.39 bits per heavy atom. The molecule has 0 bridgehead atoms. The predicted octanol–water partition coefficient (Wildman–Crippen LogP) is 2.94. The highest BCUT2D eigenvalue weighted by Gasteiger charge is 2.27. The number of hydrogen-bond donors (Lipinski definition) is 1. The van der Waals surface area contributed by atoms with Crippen molar-refractivity contribution >= 4 is 21.6 Å². The van der Waals surface area contributed by atoms with Crippen LogP contribution in [-0.2, 0) is 16.4 Å². The number of nitrogens with one attached hydrogen (secondary N) is 1. The van der Waals surface area contributed by atoms with E-state index in [1.807, 2.05) is 18.2 Å². The Kier molecular flexibility index (Phi) is 5.28. The van der Waals surface area contributed by atoms with Crippen LogP contribution in [0.1, 0.15) is 47.2 Å². The van der Waals surface area contributed by atoms with Gasteiger partial charge in [-0.15, -0.1) is 0 Å². The standard InChI is InChI=1S/C21H23N3O3S/c25-21(23-22-20-9-5-7-16-6-1-2-8-19(16)20)17-10-12-18(13-11-17)28(26,27)24-14-3-4-15-24/h1-2,6,8,10-13H,3-5,7,9,14-15H2,(H,23,25). The Morgan fingerprint density at radius 1 is 0.929 bits per heavy atom. The van der Waals surface area contributed by atoms with Crippen molar-refractivity contribution in [1.82, 2.24) is 9.73 Å². The molecule has 1 aliphatic carbocycles. The van der Waals surface area contributed by atoms with Gasteiger partial charge in [0.1, 0.15) is 0 Å². The van der Waals surface area contributed by atoms with Gasteiger partial charge >= 0.3 is 0 Å². The van der Waals surface area contributed by atoms with Gasteiger partial charge in [0.2, 0.25) is 10.0 Å². The average molecular weight is 398 g/mol. The lowest BCUT2D eigenvalue weighted by molar-refractivity contribution is 0.0954. The second-order valence-corrected chi connectivity index (χ2v) is 9.08. The maximum Gasteiger partial charge on any atom is 0.271 e. The van der Waals surface area contributed by atoms with Crippen LogP contribution in [0, 0.1) is 0 Å². The lowest BCUT2D eigenvalue weighted by Gasteiger charge is -2.17. The van der Waals surface area contributed by atoms with Crippen molar-refractivity contribution in [3.8, 4) is 0 Å². The minimum Gasteiger partial charge on any atom is -0.267 e. The molecule has 146 valence electrons. The molecule has 1 heterocycles. The van der Waals surface area contributed by atoms with E-state index < -0.39 is 10.0 Å². The summed E-state index contributed by atoms with van der Waals surface area (Å²) in [6, 6.07) is 14.2. The van der Waals surface area contributed by atoms with Gasteiger partial charge in [-0.25, -0.2) is 13.8 Å². The van der Waals surface area contributed by atoms with Crippen molar-refractivity contribution in [3.63, 3.8) is 0 Å². The summed E-state index contributed by atoms with van der Waals surface area (Å²) in [4.78, 5) is 12.7. The van der Waals surface area contributed by atoms with Gasteiger partial charge in [-0.2, -0.15) is 9.41 Å². The average Bonchev–Trinajstić information content (AvgIpc) is 3.28. The molecule has 6 nitrogen and oxygen atoms in total. The van der Waals surface area contributed by atoms with Crippen LogP contribution >= 0.6 is 0 Å². The number of sulfonamides is 1. The maximum atomic E-state index is 12.6. The molecule has 1 saturated heterocycles. The predicted molar refractivity (Wildman–Crippen MR) is 108 cm³/mol. The van der Waals surface area contributed by atoms with E-state index in [0.717, 1.165) is 43.4 Å². The number of aryl methyl sites for hydroxylation is 1. The first-order chi connectivity index (χ1) is 13.6. The normalized spacial score (nSPS) is 18.8. The highest BCUT2D eigenvalue weighted by Crippen LogP contribution is 2.22. The second-order valence-electron chi connectivity index (χ2n) is 7.15. The van der Waals surface area contributed by atoms with Gasteiger partial charge in [-0.05, 0) is 61.9 Å². The van der Waals surface area contributed by atoms with Gasteiger partial charge in [0.15, 0.2) is 0 Å². The zero-order chi connectivity index (χ0) is 19.6. The summed E-state index contributed by atoms with van der Waals surface area (Å²) >= 11 is 0. The second kappa shape index (κ2) is 7.85. The molecule has 2 aliphatic rings. The van der Waals surface area contributed by atoms with Crippen LogP contribution in [0.4, 0.5) is 0 Å². The summed E-state index contributed by atoms with van der Waals surface area (Å²) in [5, 5.41) is 4.33. The van der Waals surface area contributed by atoms with Crippen LogP contribution in [0.2, 0.25) is 0 Å². The number of nitrogens with zero attached hydrogens (tertiary/aromatic N) is 2. The van der Waals surface area contributed by atoms with E-state index >= 15 is 0 Å². The molecule has 2 aromatic rings. The number of hydrazone groups is 1. The summed E-state index contributed by atoms with van der Waals surface area (Å²) < 4.78 is 26.6. The zero-order valence-electron chi connectivity index (χ0n) is 15.6. The largest absolute Gasteiger partial charge is 0.271 e. The highest BCUT2D eigenvalue weighted by molar-refractivity contribution is 7.89. The number of rotatable bonds is 4. The molecule has 1 fully saturated rings. The van der Waals surface area contributed by atoms with Crippen LogP contribution in [0.3, 0.4) is 0 Å². The molecule has 0 unspecified atom stereocenters. The lowest BCUT2D eigenvalue weighted by atomic mass is 9.90. The molecule has 0 aromatic heterocycles. The van der Waals surface area contributed by atoms with Gasteiger partial charge in [0.25, 0.3) is 5.91 Å². The van der Waals surface area contributed by atoms with E-state index in [1.165, 1.54) is 34.1 Å². The summed E-state index contributed by atoms with van der Waals surface area (Å²) in [6.45, 7) is 1.12. The highest BCUT2D eigenvalue weighted by atomic mass is 32.2. The molecule has 0 radical (unpaired) electrons. The molecule has 1 aliphatic heterocycles. The van der Waals surface area contributed by atoms with Crippen molar-refractivity contribution < 1.29 is 13.2 Å². The molecule has 0 spiro atoms. The minimum atomic E-state index is -3.47. The first-order valence-corrected chi connectivity index (χ1v) is 11.0. The molecular weight excluding hydrogens is 374 g/mol. The molecule has 1 amide bonds. The minimum absolute atomic E-state index is 0.221. The molecule has 4 rings (SSSR count). The first kappa shape index (κ1) is 18.8. The fourth-order valence-corrected chi connectivity index (χ4v) is 5.27. The summed E-state index contributed by atoms with van der Waals surface area (Å²) in [7, 11) is -3.47. The Balaban J connectivity index is 1.48. The van der Waals surface area contributed by atoms with Crippen molar-refractivity contribution in [1.29, 1.82) is 0 Å². The van der Waals surface area contributed by atoms with Crippen LogP contribution in [0.25, 0.3) is 0 Å². The fourth-order valence-electron chi connectivity index (χ4n) is 3.76. The quantitative estimate of drug-likeness (QED) is 0.806. The van der Waals surface area contributed by atoms with Crippen LogP contribution in [0.15, 0.2) is 58.5 Å². The summed E-state index contributed by atoms with van der Waals surface area (Å²) in [5.74, 6) is -0.347. The van der Waals surface area contributed by atoms with E-state index in [4.69, 9.17) is 0 Å². The van der Waals surface area contributed by atoms with Gasteiger partial charge in [0, 0.05) is 24.2 Å². The van der Waals surface area contributed by atoms with E-state index in [2.05, 4.69) is 16.6 Å². The van der Waals surface area contributed by atoms with Crippen molar-refractivity contribution in [2.75, 3.05) is 13.1 Å². The number of benzene rings is 2. The Bertz CT molecular complexity index is 1010. The topological polar surface area (TPSA) is 78.8 Å². The number of fused-ring (bicyclic) bond motifs is 1. The van der Waals surface area contributed by atoms with Crippen LogP contribution in [-0.4, -0.2) is 37.4 Å². The number of carbonyl (C=O) groups excluding carboxylic acids is 1. The summed E-state index contributed by atoms with van der Waals surface area (Å²) in [6.07, 6.45) is 4.64. The van der Waals surface area contributed by atoms with E-state index in [-0.39, 0.29) is 10.8 Å². The van der Waals surface area contributed by atoms with Crippen LogP contribution in [0.5, 0.6) is 0 Å². The molecule has 7 heteroatoms. The monoisotopic (exact) mass is 397 g/mol. The van der Waals surface area contributed by atoms with Crippen LogP contribution < -0.4 is 5.43 Å². The van der Waals surface area contributed by atoms with Gasteiger partial charge in [-0.3, -0.25) is 4.79 Å². The van der Waals surface area contributed by atoms with Crippen molar-refractivity contribution in [3.05, 3.63) is 65.2 Å². The maximum absolute atomic E-state index is 12.6. The molecule has 1 N–H and O–H groups in total. The molecular formula is C21H23N3O3S. The molecule has 0 saturated carbocycles. The zero-order valence-corrected chi connectivity index (χ0v) is 16.4. The lowest BCUT2D eigenvalue weighted by Crippen LogP contribution is -2.28. The van der Waals surface area contributed by atoms with Gasteiger partial charge < -0.3 is 0 Å². The van der Waals surface area contributed by atoms with E-state index in [9.17, 15) is 13.2 Å². The third kappa shape index (κ3) is 3.72. The summed E-state index contributed by atoms with van der Waals surface area (Å²) in [5.41, 5.74) is 6.21. The van der Waals surface area contributed by atoms with Crippen molar-refractivity contribution in [2.45, 2.75) is 37.0 Å². The third-order valence-corrected chi connectivity index (χ3v) is 7.21. The number of carbonyl (C=O) groups is 1. The number of amides is 1. The molecule has 0 atom stereocenters. The Morgan fingerprint density at radius 2 is 1.64 bits per heavy atom. The van der Waals surface area contributed by atoms with Crippen molar-refractivity contribution in [2.24, 2.45) is 5.10 Å². The van der Waals surface area contributed by atoms with Gasteiger partial charge in [0.05, 0.1) is 10.6 Å². The third-order valence-electron chi connectivity index (χ3n) is 5.30. The SMILES string of the molecule is O=C(NN=C1CCCc2ccccc21)c1ccc(S(=O)(=O)N2CCCC2)cc1.